The maximum Gasteiger partial charge on any atom is 0.0782 e. The number of nitrogens with zero attached hydrogens (tertiary/aromatic N) is 8. The third-order valence-electron chi connectivity index (χ3n) is 26.2. The summed E-state index contributed by atoms with van der Waals surface area (Å²) in [5, 5.41) is 1.06. The number of hydrogen-bond donors (Lipinski definition) is 0. The van der Waals surface area contributed by atoms with E-state index in [-0.39, 0.29) is 44.8 Å². The molecule has 656 valence electrons. The second-order valence-corrected chi connectivity index (χ2v) is 37.6. The fourth-order valence-corrected chi connectivity index (χ4v) is 18.8. The average molecular weight is 1880 g/mol. The maximum atomic E-state index is 3.15. The number of quaternary nitrogens is 2. The fourth-order valence-electron chi connectivity index (χ4n) is 18.8. The first-order valence-electron chi connectivity index (χ1n) is 45.5. The zero-order chi connectivity index (χ0) is 87.8. The minimum atomic E-state index is -0.0148. The van der Waals surface area contributed by atoms with E-state index in [0.29, 0.717) is 0 Å². The number of anilines is 12. The van der Waals surface area contributed by atoms with Crippen LogP contribution in [-0.2, 0) is 10.8 Å². The molecule has 0 bridgehead atoms. The van der Waals surface area contributed by atoms with E-state index in [1.165, 1.54) is 122 Å². The third kappa shape index (κ3) is 22.5. The van der Waals surface area contributed by atoms with Gasteiger partial charge in [-0.3, -0.25) is 0 Å². The third-order valence-corrected chi connectivity index (χ3v) is 26.2. The van der Waals surface area contributed by atoms with Gasteiger partial charge in [0.25, 0.3) is 0 Å². The van der Waals surface area contributed by atoms with Crippen LogP contribution in [0.25, 0.3) is 44.5 Å². The van der Waals surface area contributed by atoms with E-state index in [2.05, 4.69) is 483 Å². The van der Waals surface area contributed by atoms with Gasteiger partial charge in [0.1, 0.15) is 0 Å². The summed E-state index contributed by atoms with van der Waals surface area (Å²) in [6.07, 6.45) is 9.33. The molecular formula is C116H131Br3N8. The second kappa shape index (κ2) is 43.6. The minimum absolute atomic E-state index is 0. The molecule has 14 aromatic carbocycles. The van der Waals surface area contributed by atoms with Gasteiger partial charge in [-0.2, -0.15) is 0 Å². The summed E-state index contributed by atoms with van der Waals surface area (Å²) in [7, 11) is 18.3. The fraction of sp³-hybridized carbons (Fsp3) is 0.276. The molecule has 0 saturated carbocycles. The van der Waals surface area contributed by atoms with Gasteiger partial charge >= 0.3 is 0 Å². The molecule has 0 atom stereocenters. The van der Waals surface area contributed by atoms with Crippen LogP contribution in [0.4, 0.5) is 68.2 Å². The van der Waals surface area contributed by atoms with Crippen molar-refractivity contribution in [3.05, 3.63) is 384 Å². The molecular weight excluding hydrogens is 1750 g/mol. The lowest BCUT2D eigenvalue weighted by Crippen LogP contribution is -3.00. The molecule has 0 N–H and O–H groups in total. The first kappa shape index (κ1) is 95.7. The van der Waals surface area contributed by atoms with Crippen molar-refractivity contribution in [2.45, 2.75) is 111 Å². The van der Waals surface area contributed by atoms with E-state index in [9.17, 15) is 0 Å². The van der Waals surface area contributed by atoms with Crippen molar-refractivity contribution >= 4 is 84.2 Å². The molecule has 0 radical (unpaired) electrons. The van der Waals surface area contributed by atoms with Crippen LogP contribution < -0.4 is 53.6 Å². The van der Waals surface area contributed by atoms with Crippen molar-refractivity contribution in [2.75, 3.05) is 121 Å². The van der Waals surface area contributed by atoms with E-state index in [4.69, 9.17) is 0 Å². The summed E-state index contributed by atoms with van der Waals surface area (Å²) < 4.78 is 2.11. The van der Waals surface area contributed by atoms with Crippen LogP contribution in [0.1, 0.15) is 117 Å². The van der Waals surface area contributed by atoms with Crippen LogP contribution in [0.5, 0.6) is 0 Å². The summed E-state index contributed by atoms with van der Waals surface area (Å²) in [5.41, 5.74) is 35.4. The molecule has 0 saturated heterocycles. The zero-order valence-corrected chi connectivity index (χ0v) is 82.4. The quantitative estimate of drug-likeness (QED) is 0.0307. The lowest BCUT2D eigenvalue weighted by atomic mass is 9.70. The molecule has 2 aliphatic rings. The highest BCUT2D eigenvalue weighted by molar-refractivity contribution is 9.09. The van der Waals surface area contributed by atoms with Crippen molar-refractivity contribution < 1.29 is 42.9 Å². The van der Waals surface area contributed by atoms with Crippen molar-refractivity contribution in [1.29, 1.82) is 0 Å². The van der Waals surface area contributed by atoms with Gasteiger partial charge in [0.15, 0.2) is 0 Å². The summed E-state index contributed by atoms with van der Waals surface area (Å²) in [6, 6.07) is 126. The molecule has 0 heterocycles. The first-order valence-corrected chi connectivity index (χ1v) is 46.6. The molecule has 14 aromatic rings. The van der Waals surface area contributed by atoms with Crippen molar-refractivity contribution in [3.63, 3.8) is 0 Å². The molecule has 127 heavy (non-hydrogen) atoms. The average Bonchev–Trinajstić information content (AvgIpc) is 1.57. The summed E-state index contributed by atoms with van der Waals surface area (Å²) in [6.45, 7) is 22.4. The van der Waals surface area contributed by atoms with Crippen molar-refractivity contribution in [1.82, 2.24) is 9.80 Å². The van der Waals surface area contributed by atoms with Crippen LogP contribution in [-0.4, -0.2) is 120 Å². The Morgan fingerprint density at radius 3 is 0.709 bits per heavy atom. The Labute approximate surface area is 790 Å². The summed E-state index contributed by atoms with van der Waals surface area (Å²) >= 11 is 3.15. The zero-order valence-electron chi connectivity index (χ0n) is 77.6. The van der Waals surface area contributed by atoms with Crippen molar-refractivity contribution in [2.24, 2.45) is 0 Å². The van der Waals surface area contributed by atoms with Crippen molar-refractivity contribution in [3.8, 4) is 44.5 Å². The van der Waals surface area contributed by atoms with E-state index in [1.807, 2.05) is 6.92 Å². The van der Waals surface area contributed by atoms with Gasteiger partial charge in [-0.1, -0.05) is 227 Å². The highest BCUT2D eigenvalue weighted by atomic mass is 79.9. The predicted molar refractivity (Wildman–Crippen MR) is 542 cm³/mol. The van der Waals surface area contributed by atoms with Gasteiger partial charge in [-0.15, -0.1) is 0 Å². The number of alkyl halides is 1. The molecule has 8 nitrogen and oxygen atoms in total. The van der Waals surface area contributed by atoms with Gasteiger partial charge in [0, 0.05) is 84.4 Å². The molecule has 0 unspecified atom stereocenters. The molecule has 11 heteroatoms. The van der Waals surface area contributed by atoms with E-state index < -0.39 is 0 Å². The first-order chi connectivity index (χ1) is 60.5. The number of halogens is 3. The van der Waals surface area contributed by atoms with Gasteiger partial charge in [0.2, 0.25) is 0 Å². The number of para-hydroxylation sites is 4. The molecule has 2 aliphatic carbocycles. The monoisotopic (exact) mass is 1870 g/mol. The Bertz CT molecular complexity index is 5690. The number of rotatable bonds is 32. The molecule has 0 aromatic heterocycles. The van der Waals surface area contributed by atoms with Crippen LogP contribution in [0, 0.1) is 27.7 Å². The number of hydrogen-bond acceptors (Lipinski definition) is 6. The molecule has 0 spiro atoms. The standard InChI is InChI=1S/C59H68N4.C55H58N4.C2H5Br.2BrH/c1-9-62(5,6)41-17-39-59(40-18-42-63(7,8)10-2)57-43-46(4)25-37-55(57)56-38-28-48(44-58(56)59)47-26-31-52(32-27-47)61(51-29-23-45(3)24-30-51)54-35-33-53(34-36-54)60(49-19-13-11-14-20-49)50-21-15-12-16-22-50;1-41-19-25-47(26-20-41)59(50-31-29-49(30-32-50)58(45-15-9-7-10-16-45)46-17-11-8-12-18-46)48-27-22-43(23-28-48)44-24-34-52-51-33-21-42(2)39-53(51)55(54(52)40-44,35-13-37-56(3)4)36-14-38-57(5)6;1-2-3;;/h11-16,19-38,43-44H,9-10,17-18,39-42H2,1-8H3;7-12,15-34,39-40H,13-14,35-38H2,1-6H3;2H2,1H3;2*1H/q+2;;;;/p-2. The highest BCUT2D eigenvalue weighted by Crippen LogP contribution is 2.58. The maximum absolute atomic E-state index is 3.15. The SMILES string of the molecule is CCBr.CC[N+](C)(C)CCCC1(CCC[N+](C)(C)CC)c2cc(C)ccc2-c2ccc(-c3ccc(N(c4ccc(C)cc4)c4ccc(N(c5ccccc5)c5ccccc5)cc4)cc3)cc21.Cc1ccc(N(c2ccc(-c3ccc4c(c3)C(CCCN(C)C)(CCCN(C)C)c3cc(C)ccc3-4)cc2)c2ccc(N(c3ccccc3)c3ccccc3)cc2)cc1.[Br-].[Br-]. The van der Waals surface area contributed by atoms with Crippen LogP contribution in [0.3, 0.4) is 0 Å². The second-order valence-electron chi connectivity index (χ2n) is 36.5. The smallest absolute Gasteiger partial charge is 0.0782 e. The summed E-state index contributed by atoms with van der Waals surface area (Å²) in [4.78, 5) is 14.0. The number of benzene rings is 14. The Balaban J connectivity index is 0.000000221. The normalized spacial score (nSPS) is 12.6. The Morgan fingerprint density at radius 2 is 0.457 bits per heavy atom. The van der Waals surface area contributed by atoms with E-state index in [1.54, 1.807) is 5.56 Å². The van der Waals surface area contributed by atoms with E-state index >= 15 is 0 Å². The summed E-state index contributed by atoms with van der Waals surface area (Å²) in [5.74, 6) is 0. The Kier molecular flexibility index (Phi) is 32.8. The Hall–Kier alpha value is -10.4. The Morgan fingerprint density at radius 1 is 0.252 bits per heavy atom. The van der Waals surface area contributed by atoms with Crippen LogP contribution in [0.15, 0.2) is 340 Å². The highest BCUT2D eigenvalue weighted by Gasteiger charge is 2.45. The van der Waals surface area contributed by atoms with Gasteiger partial charge < -0.3 is 72.3 Å². The largest absolute Gasteiger partial charge is 1.00 e. The molecule has 16 rings (SSSR count). The lowest BCUT2D eigenvalue weighted by Gasteiger charge is -2.36. The van der Waals surface area contributed by atoms with E-state index in [0.717, 1.165) is 134 Å². The molecule has 0 amide bonds. The predicted octanol–water partition coefficient (Wildman–Crippen LogP) is 24.2. The minimum Gasteiger partial charge on any atom is -1.00 e. The van der Waals surface area contributed by atoms with Gasteiger partial charge in [-0.05, 0) is 359 Å². The van der Waals surface area contributed by atoms with Crippen LogP contribution >= 0.6 is 15.9 Å². The number of aryl methyl sites for hydroxylation is 4. The topological polar surface area (TPSA) is 19.4 Å². The van der Waals surface area contributed by atoms with Gasteiger partial charge in [-0.25, -0.2) is 0 Å². The molecule has 0 fully saturated rings. The van der Waals surface area contributed by atoms with Crippen LogP contribution in [0.2, 0.25) is 0 Å². The number of fused-ring (bicyclic) bond motifs is 6. The lowest BCUT2D eigenvalue weighted by molar-refractivity contribution is -0.889. The molecule has 0 aliphatic heterocycles. The van der Waals surface area contributed by atoms with Gasteiger partial charge in [0.05, 0.1) is 54.4 Å².